The monoisotopic (exact) mass is 148 g/mol. The first kappa shape index (κ1) is 7.26. The number of thiol groups is 1. The summed E-state index contributed by atoms with van der Waals surface area (Å²) in [6, 6.07) is 0. The summed E-state index contributed by atoms with van der Waals surface area (Å²) in [6.07, 6.45) is 4.43. The van der Waals surface area contributed by atoms with E-state index in [2.05, 4.69) is 6.92 Å². The maximum Gasteiger partial charge on any atom is 0.00360 e. The largest absolute Gasteiger partial charge is 0.285 e. The Morgan fingerprint density at radius 1 is 1.56 bits per heavy atom. The van der Waals surface area contributed by atoms with Gasteiger partial charge < -0.3 is 0 Å². The van der Waals surface area contributed by atoms with Crippen molar-refractivity contribution in [3.8, 4) is 0 Å². The van der Waals surface area contributed by atoms with E-state index in [1.54, 1.807) is 0 Å². The molecule has 0 aromatic rings. The van der Waals surface area contributed by atoms with Crippen LogP contribution in [0.5, 0.6) is 0 Å². The van der Waals surface area contributed by atoms with Crippen molar-refractivity contribution in [3.63, 3.8) is 0 Å². The van der Waals surface area contributed by atoms with Gasteiger partial charge in [-0.15, -0.1) is 9.93 Å². The van der Waals surface area contributed by atoms with E-state index in [9.17, 15) is 4.21 Å². The first-order valence-corrected chi connectivity index (χ1v) is 6.18. The van der Waals surface area contributed by atoms with Crippen molar-refractivity contribution >= 4 is 9.93 Å². The van der Waals surface area contributed by atoms with E-state index in [0.29, 0.717) is 0 Å². The van der Waals surface area contributed by atoms with Crippen LogP contribution in [0, 0.1) is 5.92 Å². The maximum absolute atomic E-state index is 11.4. The molecule has 1 saturated heterocycles. The molecule has 0 N–H and O–H groups in total. The Labute approximate surface area is 58.3 Å². The Kier molecular flexibility index (Phi) is 1.94. The lowest BCUT2D eigenvalue weighted by atomic mass is 10.1. The normalized spacial score (nSPS) is 37.8. The Bertz CT molecular complexity index is 142. The summed E-state index contributed by atoms with van der Waals surface area (Å²) in [5.74, 6) is 2.71. The SMILES string of the molecule is CC1CCC[SH](C)(=O)C1. The third kappa shape index (κ3) is 2.09. The van der Waals surface area contributed by atoms with E-state index in [1.165, 1.54) is 12.8 Å². The molecule has 1 nitrogen and oxygen atoms in total. The molecule has 1 heterocycles. The van der Waals surface area contributed by atoms with E-state index < -0.39 is 9.93 Å². The zero-order valence-corrected chi connectivity index (χ0v) is 7.16. The fourth-order valence-electron chi connectivity index (χ4n) is 1.62. The van der Waals surface area contributed by atoms with Crippen molar-refractivity contribution in [1.29, 1.82) is 0 Å². The lowest BCUT2D eigenvalue weighted by molar-refractivity contribution is 0.546. The minimum Gasteiger partial charge on any atom is -0.285 e. The van der Waals surface area contributed by atoms with Gasteiger partial charge in [-0.05, 0) is 25.0 Å². The van der Waals surface area contributed by atoms with Crippen molar-refractivity contribution in [3.05, 3.63) is 0 Å². The van der Waals surface area contributed by atoms with Crippen LogP contribution in [0.1, 0.15) is 19.8 Å². The molecule has 1 atom stereocenters. The van der Waals surface area contributed by atoms with Gasteiger partial charge in [0, 0.05) is 11.5 Å². The maximum atomic E-state index is 11.4. The second-order valence-corrected chi connectivity index (χ2v) is 6.86. The molecule has 0 aromatic heterocycles. The van der Waals surface area contributed by atoms with Crippen LogP contribution in [0.15, 0.2) is 0 Å². The van der Waals surface area contributed by atoms with Gasteiger partial charge in [-0.3, -0.25) is 4.21 Å². The van der Waals surface area contributed by atoms with Gasteiger partial charge in [0.1, 0.15) is 0 Å². The van der Waals surface area contributed by atoms with Crippen LogP contribution < -0.4 is 0 Å². The molecular weight excluding hydrogens is 132 g/mol. The number of hydrogen-bond acceptors (Lipinski definition) is 1. The summed E-state index contributed by atoms with van der Waals surface area (Å²) in [6.45, 7) is 2.20. The highest BCUT2D eigenvalue weighted by Gasteiger charge is 2.18. The van der Waals surface area contributed by atoms with Gasteiger partial charge in [-0.1, -0.05) is 6.92 Å². The summed E-state index contributed by atoms with van der Waals surface area (Å²) in [5.41, 5.74) is 0. The molecular formula is C7H16OS. The number of rotatable bonds is 0. The Hall–Kier alpha value is 0.150. The van der Waals surface area contributed by atoms with Crippen molar-refractivity contribution in [2.24, 2.45) is 5.92 Å². The van der Waals surface area contributed by atoms with Gasteiger partial charge in [0.15, 0.2) is 0 Å². The lowest BCUT2D eigenvalue weighted by Gasteiger charge is -2.27. The van der Waals surface area contributed by atoms with E-state index in [1.807, 2.05) is 6.26 Å². The third-order valence-corrected chi connectivity index (χ3v) is 4.68. The van der Waals surface area contributed by atoms with Gasteiger partial charge in [-0.2, -0.15) is 0 Å². The number of hydrogen-bond donors (Lipinski definition) is 1. The lowest BCUT2D eigenvalue weighted by Crippen LogP contribution is -2.28. The zero-order chi connectivity index (χ0) is 6.91. The average Bonchev–Trinajstić information content (AvgIpc) is 1.60. The first-order valence-electron chi connectivity index (χ1n) is 3.66. The Morgan fingerprint density at radius 2 is 2.22 bits per heavy atom. The van der Waals surface area contributed by atoms with Crippen molar-refractivity contribution in [2.45, 2.75) is 19.8 Å². The smallest absolute Gasteiger partial charge is 0.00360 e. The summed E-state index contributed by atoms with van der Waals surface area (Å²) in [5, 5.41) is 0. The summed E-state index contributed by atoms with van der Waals surface area (Å²) in [4.78, 5) is 0. The molecule has 1 aliphatic rings. The first-order chi connectivity index (χ1) is 4.10. The fraction of sp³-hybridized carbons (Fsp3) is 1.00. The minimum absolute atomic E-state index is 0.717. The second kappa shape index (κ2) is 2.41. The van der Waals surface area contributed by atoms with Crippen LogP contribution in [-0.2, 0) is 9.93 Å². The third-order valence-electron chi connectivity index (χ3n) is 2.03. The van der Waals surface area contributed by atoms with Gasteiger partial charge in [0.25, 0.3) is 0 Å². The van der Waals surface area contributed by atoms with Crippen LogP contribution in [0.4, 0.5) is 0 Å². The molecule has 0 spiro atoms. The highest BCUT2D eigenvalue weighted by molar-refractivity contribution is 8.02. The molecule has 1 aliphatic heterocycles. The molecule has 1 unspecified atom stereocenters. The molecule has 0 amide bonds. The predicted octanol–water partition coefficient (Wildman–Crippen LogP) is 1.06. The van der Waals surface area contributed by atoms with Crippen molar-refractivity contribution in [2.75, 3.05) is 17.8 Å². The molecule has 0 aromatic carbocycles. The summed E-state index contributed by atoms with van der Waals surface area (Å²) < 4.78 is 11.4. The van der Waals surface area contributed by atoms with Crippen LogP contribution in [0.2, 0.25) is 0 Å². The van der Waals surface area contributed by atoms with Crippen LogP contribution >= 0.6 is 0 Å². The molecule has 0 radical (unpaired) electrons. The van der Waals surface area contributed by atoms with Gasteiger partial charge in [-0.25, -0.2) is 0 Å². The predicted molar refractivity (Wildman–Crippen MR) is 43.6 cm³/mol. The molecule has 0 bridgehead atoms. The zero-order valence-electron chi connectivity index (χ0n) is 6.26. The Balaban J connectivity index is 2.51. The van der Waals surface area contributed by atoms with Crippen LogP contribution in [-0.4, -0.2) is 22.0 Å². The summed E-state index contributed by atoms with van der Waals surface area (Å²) >= 11 is 0. The highest BCUT2D eigenvalue weighted by Crippen LogP contribution is 2.20. The van der Waals surface area contributed by atoms with Gasteiger partial charge >= 0.3 is 0 Å². The highest BCUT2D eigenvalue weighted by atomic mass is 32.2. The van der Waals surface area contributed by atoms with Crippen LogP contribution in [0.3, 0.4) is 0 Å². The second-order valence-electron chi connectivity index (χ2n) is 3.45. The van der Waals surface area contributed by atoms with Gasteiger partial charge in [0.2, 0.25) is 0 Å². The van der Waals surface area contributed by atoms with E-state index in [-0.39, 0.29) is 0 Å². The average molecular weight is 148 g/mol. The molecule has 1 fully saturated rings. The summed E-state index contributed by atoms with van der Waals surface area (Å²) in [7, 11) is -1.64. The minimum atomic E-state index is -1.64. The van der Waals surface area contributed by atoms with E-state index in [0.717, 1.165) is 17.4 Å². The molecule has 9 heavy (non-hydrogen) atoms. The molecule has 2 heteroatoms. The van der Waals surface area contributed by atoms with Gasteiger partial charge in [0.05, 0.1) is 0 Å². The Morgan fingerprint density at radius 3 is 2.56 bits per heavy atom. The van der Waals surface area contributed by atoms with Crippen molar-refractivity contribution in [1.82, 2.24) is 0 Å². The molecule has 56 valence electrons. The van der Waals surface area contributed by atoms with Crippen molar-refractivity contribution < 1.29 is 4.21 Å². The standard InChI is InChI=1S/C7H16OS/c1-7-4-3-5-9(2,8)6-7/h7,9H,3-6H2,1-2H3. The fourth-order valence-corrected chi connectivity index (χ4v) is 4.15. The van der Waals surface area contributed by atoms with E-state index >= 15 is 0 Å². The topological polar surface area (TPSA) is 17.1 Å². The molecule has 1 rings (SSSR count). The quantitative estimate of drug-likeness (QED) is 0.508. The van der Waals surface area contributed by atoms with Crippen LogP contribution in [0.25, 0.3) is 0 Å². The molecule has 0 aliphatic carbocycles. The van der Waals surface area contributed by atoms with E-state index in [4.69, 9.17) is 0 Å². The molecule has 0 saturated carbocycles.